The molecule has 0 saturated heterocycles. The summed E-state index contributed by atoms with van der Waals surface area (Å²) in [6.07, 6.45) is 2.61. The molecule has 0 aliphatic carbocycles. The first kappa shape index (κ1) is 19.4. The van der Waals surface area contributed by atoms with Gasteiger partial charge in [0.05, 0.1) is 31.2 Å². The highest BCUT2D eigenvalue weighted by Gasteiger charge is 2.20. The minimum Gasteiger partial charge on any atom is -0.497 e. The molecule has 0 N–H and O–H groups in total. The van der Waals surface area contributed by atoms with Gasteiger partial charge in [0.2, 0.25) is 0 Å². The second-order valence-electron chi connectivity index (χ2n) is 5.87. The van der Waals surface area contributed by atoms with Crippen LogP contribution in [0.5, 0.6) is 5.75 Å². The third-order valence-electron chi connectivity index (χ3n) is 4.16. The van der Waals surface area contributed by atoms with E-state index < -0.39 is 21.7 Å². The van der Waals surface area contributed by atoms with E-state index in [2.05, 4.69) is 4.74 Å². The molecule has 0 fully saturated rings. The molecule has 8 nitrogen and oxygen atoms in total. The smallest absolute Gasteiger partial charge is 0.342 e. The van der Waals surface area contributed by atoms with Gasteiger partial charge >= 0.3 is 11.7 Å². The number of esters is 1. The molecule has 0 unspecified atom stereocenters. The van der Waals surface area contributed by atoms with Gasteiger partial charge < -0.3 is 9.47 Å². The molecule has 0 saturated carbocycles. The predicted molar refractivity (Wildman–Crippen MR) is 101 cm³/mol. The van der Waals surface area contributed by atoms with Crippen molar-refractivity contribution in [2.45, 2.75) is 11.4 Å². The molecule has 0 amide bonds. The minimum atomic E-state index is -4.02. The van der Waals surface area contributed by atoms with E-state index in [1.54, 1.807) is 24.3 Å². The Morgan fingerprint density at radius 3 is 2.18 bits per heavy atom. The number of methoxy groups -OCH3 is 2. The molecule has 1 aromatic heterocycles. The largest absolute Gasteiger partial charge is 0.497 e. The first-order chi connectivity index (χ1) is 13.4. The second kappa shape index (κ2) is 7.73. The molecule has 1 heterocycles. The van der Waals surface area contributed by atoms with Crippen LogP contribution >= 0.6 is 0 Å². The van der Waals surface area contributed by atoms with Crippen LogP contribution in [0.25, 0.3) is 0 Å². The molecule has 0 bridgehead atoms. The SMILES string of the molecule is COC(=O)c1ccc(Cn2ccn(S(=O)(=O)c3ccc(OC)cc3)c2=O)cc1. The first-order valence-corrected chi connectivity index (χ1v) is 9.65. The van der Waals surface area contributed by atoms with Crippen LogP contribution in [0.3, 0.4) is 0 Å². The fraction of sp³-hybridized carbons (Fsp3) is 0.158. The summed E-state index contributed by atoms with van der Waals surface area (Å²) >= 11 is 0. The topological polar surface area (TPSA) is 96.6 Å². The van der Waals surface area contributed by atoms with E-state index in [0.717, 1.165) is 5.56 Å². The van der Waals surface area contributed by atoms with Gasteiger partial charge in [-0.3, -0.25) is 4.57 Å². The molecule has 0 aliphatic heterocycles. The molecule has 3 rings (SSSR count). The van der Waals surface area contributed by atoms with Crippen molar-refractivity contribution in [3.63, 3.8) is 0 Å². The van der Waals surface area contributed by atoms with Gasteiger partial charge in [-0.15, -0.1) is 0 Å². The zero-order chi connectivity index (χ0) is 20.3. The molecule has 2 aromatic carbocycles. The lowest BCUT2D eigenvalue weighted by molar-refractivity contribution is 0.0600. The Balaban J connectivity index is 1.87. The molecular formula is C19H18N2O6S. The normalized spacial score (nSPS) is 11.2. The van der Waals surface area contributed by atoms with Crippen LogP contribution in [-0.4, -0.2) is 37.1 Å². The van der Waals surface area contributed by atoms with E-state index in [9.17, 15) is 18.0 Å². The van der Waals surface area contributed by atoms with Crippen molar-refractivity contribution in [3.8, 4) is 5.75 Å². The van der Waals surface area contributed by atoms with Crippen LogP contribution < -0.4 is 10.4 Å². The lowest BCUT2D eigenvalue weighted by atomic mass is 10.1. The predicted octanol–water partition coefficient (Wildman–Crippen LogP) is 1.73. The molecule has 0 atom stereocenters. The average molecular weight is 402 g/mol. The Morgan fingerprint density at radius 1 is 0.964 bits per heavy atom. The summed E-state index contributed by atoms with van der Waals surface area (Å²) < 4.78 is 37.1. The lowest BCUT2D eigenvalue weighted by Crippen LogP contribution is -2.29. The van der Waals surface area contributed by atoms with Crippen molar-refractivity contribution in [2.24, 2.45) is 0 Å². The zero-order valence-corrected chi connectivity index (χ0v) is 16.0. The van der Waals surface area contributed by atoms with Crippen molar-refractivity contribution in [1.29, 1.82) is 0 Å². The van der Waals surface area contributed by atoms with E-state index in [1.165, 1.54) is 55.4 Å². The van der Waals surface area contributed by atoms with Crippen LogP contribution in [0.4, 0.5) is 0 Å². The van der Waals surface area contributed by atoms with Crippen molar-refractivity contribution >= 4 is 16.0 Å². The lowest BCUT2D eigenvalue weighted by Gasteiger charge is -2.06. The number of hydrogen-bond acceptors (Lipinski definition) is 6. The highest BCUT2D eigenvalue weighted by atomic mass is 32.2. The van der Waals surface area contributed by atoms with Gasteiger partial charge in [0, 0.05) is 12.4 Å². The number of aromatic nitrogens is 2. The van der Waals surface area contributed by atoms with Crippen LogP contribution in [0, 0.1) is 0 Å². The first-order valence-electron chi connectivity index (χ1n) is 8.21. The second-order valence-corrected chi connectivity index (χ2v) is 7.69. The number of carbonyl (C=O) groups excluding carboxylic acids is 1. The quantitative estimate of drug-likeness (QED) is 0.583. The Kier molecular flexibility index (Phi) is 5.36. The summed E-state index contributed by atoms with van der Waals surface area (Å²) in [5.74, 6) is 0.0553. The molecule has 28 heavy (non-hydrogen) atoms. The van der Waals surface area contributed by atoms with Crippen LogP contribution in [0.2, 0.25) is 0 Å². The Labute approximate surface area is 161 Å². The van der Waals surface area contributed by atoms with Gasteiger partial charge in [-0.2, -0.15) is 3.97 Å². The van der Waals surface area contributed by atoms with Crippen molar-refractivity contribution in [2.75, 3.05) is 14.2 Å². The average Bonchev–Trinajstić information content (AvgIpc) is 3.09. The van der Waals surface area contributed by atoms with E-state index in [-0.39, 0.29) is 11.4 Å². The van der Waals surface area contributed by atoms with Gasteiger partial charge in [-0.25, -0.2) is 18.0 Å². The standard InChI is InChI=1S/C19H18N2O6S/c1-26-16-7-9-17(10-8-16)28(24,25)21-12-11-20(19(21)23)13-14-3-5-15(6-4-14)18(22)27-2/h3-12H,13H2,1-2H3. The maximum absolute atomic E-state index is 12.7. The highest BCUT2D eigenvalue weighted by molar-refractivity contribution is 7.90. The molecule has 3 aromatic rings. The minimum absolute atomic E-state index is 0.0180. The van der Waals surface area contributed by atoms with E-state index in [4.69, 9.17) is 4.74 Å². The number of nitrogens with zero attached hydrogens (tertiary/aromatic N) is 2. The third-order valence-corrected chi connectivity index (χ3v) is 5.82. The monoisotopic (exact) mass is 402 g/mol. The van der Waals surface area contributed by atoms with Crippen LogP contribution in [-0.2, 0) is 21.3 Å². The maximum Gasteiger partial charge on any atom is 0.342 e. The van der Waals surface area contributed by atoms with Crippen LogP contribution in [0.1, 0.15) is 15.9 Å². The van der Waals surface area contributed by atoms with Gasteiger partial charge in [0.1, 0.15) is 5.75 Å². The summed E-state index contributed by atoms with van der Waals surface area (Å²) in [7, 11) is -1.25. The summed E-state index contributed by atoms with van der Waals surface area (Å²) in [5, 5.41) is 0. The Hall–Kier alpha value is -3.33. The molecular weight excluding hydrogens is 384 g/mol. The number of rotatable bonds is 6. The fourth-order valence-corrected chi connectivity index (χ4v) is 3.85. The van der Waals surface area contributed by atoms with Gasteiger partial charge in [0.15, 0.2) is 0 Å². The summed E-state index contributed by atoms with van der Waals surface area (Å²) in [6.45, 7) is 0.158. The van der Waals surface area contributed by atoms with E-state index >= 15 is 0 Å². The van der Waals surface area contributed by atoms with Crippen molar-refractivity contribution < 1.29 is 22.7 Å². The summed E-state index contributed by atoms with van der Waals surface area (Å²) in [6, 6.07) is 12.3. The van der Waals surface area contributed by atoms with Crippen molar-refractivity contribution in [3.05, 3.63) is 82.5 Å². The number of carbonyl (C=O) groups is 1. The molecule has 0 spiro atoms. The number of ether oxygens (including phenoxy) is 2. The number of imidazole rings is 1. The number of benzene rings is 2. The molecule has 0 aliphatic rings. The summed E-state index contributed by atoms with van der Waals surface area (Å²) in [4.78, 5) is 24.0. The van der Waals surface area contributed by atoms with Gasteiger partial charge in [-0.1, -0.05) is 12.1 Å². The van der Waals surface area contributed by atoms with Crippen LogP contribution in [0.15, 0.2) is 70.6 Å². The fourth-order valence-electron chi connectivity index (χ4n) is 2.62. The molecule has 146 valence electrons. The Bertz CT molecular complexity index is 1140. The summed E-state index contributed by atoms with van der Waals surface area (Å²) in [5.41, 5.74) is 0.431. The number of hydrogen-bond donors (Lipinski definition) is 0. The van der Waals surface area contributed by atoms with Gasteiger partial charge in [0.25, 0.3) is 10.0 Å². The van der Waals surface area contributed by atoms with E-state index in [0.29, 0.717) is 15.3 Å². The molecule has 0 radical (unpaired) electrons. The Morgan fingerprint density at radius 2 is 1.61 bits per heavy atom. The zero-order valence-electron chi connectivity index (χ0n) is 15.2. The van der Waals surface area contributed by atoms with E-state index in [1.807, 2.05) is 0 Å². The van der Waals surface area contributed by atoms with Crippen molar-refractivity contribution in [1.82, 2.24) is 8.54 Å². The molecule has 9 heteroatoms. The highest BCUT2D eigenvalue weighted by Crippen LogP contribution is 2.17. The maximum atomic E-state index is 12.7. The van der Waals surface area contributed by atoms with Gasteiger partial charge in [-0.05, 0) is 42.0 Å². The third kappa shape index (κ3) is 3.70.